The third-order valence-corrected chi connectivity index (χ3v) is 2.35. The Labute approximate surface area is 90.6 Å². The lowest BCUT2D eigenvalue weighted by Crippen LogP contribution is -2.11. The van der Waals surface area contributed by atoms with Crippen LogP contribution in [-0.4, -0.2) is 23.7 Å². The molecule has 0 fully saturated rings. The third-order valence-electron chi connectivity index (χ3n) is 2.35. The fraction of sp³-hybridized carbons (Fsp3) is 0.818. The molecule has 0 aliphatic heterocycles. The molecule has 0 aromatic carbocycles. The van der Waals surface area contributed by atoms with Crippen LogP contribution in [-0.2, 0) is 14.3 Å². The number of carboxylic acid groups (broad SMARTS) is 1. The molecule has 0 rings (SSSR count). The molecule has 1 N–H and O–H groups in total. The molecule has 1 unspecified atom stereocenters. The number of hydrogen-bond donors (Lipinski definition) is 1. The lowest BCUT2D eigenvalue weighted by atomic mass is 10.0. The average molecular weight is 216 g/mol. The quantitative estimate of drug-likeness (QED) is 0.384. The van der Waals surface area contributed by atoms with E-state index < -0.39 is 18.4 Å². The van der Waals surface area contributed by atoms with Crippen LogP contribution in [0.2, 0.25) is 0 Å². The van der Waals surface area contributed by atoms with Gasteiger partial charge >= 0.3 is 11.9 Å². The van der Waals surface area contributed by atoms with Gasteiger partial charge in [-0.1, -0.05) is 26.7 Å². The van der Waals surface area contributed by atoms with Crippen LogP contribution in [0.3, 0.4) is 0 Å². The van der Waals surface area contributed by atoms with Gasteiger partial charge in [-0.3, -0.25) is 9.59 Å². The Kier molecular flexibility index (Phi) is 7.68. The molecule has 0 aromatic heterocycles. The molecular formula is C11H20O4. The van der Waals surface area contributed by atoms with Gasteiger partial charge in [0.05, 0.1) is 6.61 Å². The second-order valence-electron chi connectivity index (χ2n) is 3.80. The number of aliphatic carboxylic acids is 1. The molecule has 4 nitrogen and oxygen atoms in total. The van der Waals surface area contributed by atoms with Gasteiger partial charge in [-0.25, -0.2) is 0 Å². The van der Waals surface area contributed by atoms with Crippen molar-refractivity contribution < 1.29 is 19.4 Å². The lowest BCUT2D eigenvalue weighted by molar-refractivity contribution is -0.151. The first-order valence-corrected chi connectivity index (χ1v) is 5.43. The Hall–Kier alpha value is -1.06. The number of hydrogen-bond acceptors (Lipinski definition) is 3. The molecule has 0 spiro atoms. The molecule has 1 atom stereocenters. The van der Waals surface area contributed by atoms with E-state index in [1.807, 2.05) is 0 Å². The molecule has 0 saturated heterocycles. The van der Waals surface area contributed by atoms with Crippen molar-refractivity contribution in [1.29, 1.82) is 0 Å². The Bertz CT molecular complexity index is 201. The summed E-state index contributed by atoms with van der Waals surface area (Å²) in [6.07, 6.45) is 3.60. The fourth-order valence-electron chi connectivity index (χ4n) is 1.16. The number of carbonyl (C=O) groups excluding carboxylic acids is 1. The molecule has 0 aromatic rings. The Morgan fingerprint density at radius 1 is 1.33 bits per heavy atom. The Balaban J connectivity index is 3.31. The highest BCUT2D eigenvalue weighted by Crippen LogP contribution is 2.10. The fourth-order valence-corrected chi connectivity index (χ4v) is 1.16. The second kappa shape index (κ2) is 8.26. The van der Waals surface area contributed by atoms with E-state index in [0.717, 1.165) is 19.3 Å². The molecule has 0 amide bonds. The molecule has 4 heteroatoms. The van der Waals surface area contributed by atoms with Crippen LogP contribution in [0.4, 0.5) is 0 Å². The zero-order valence-electron chi connectivity index (χ0n) is 9.49. The van der Waals surface area contributed by atoms with Crippen molar-refractivity contribution >= 4 is 11.9 Å². The van der Waals surface area contributed by atoms with Crippen LogP contribution in [0.5, 0.6) is 0 Å². The summed E-state index contributed by atoms with van der Waals surface area (Å²) >= 11 is 0. The van der Waals surface area contributed by atoms with Crippen LogP contribution in [0.1, 0.15) is 46.0 Å². The summed E-state index contributed by atoms with van der Waals surface area (Å²) in [5.41, 5.74) is 0. The van der Waals surface area contributed by atoms with E-state index >= 15 is 0 Å². The minimum absolute atomic E-state index is 0.336. The Morgan fingerprint density at radius 2 is 2.00 bits per heavy atom. The van der Waals surface area contributed by atoms with Crippen molar-refractivity contribution in [3.63, 3.8) is 0 Å². The lowest BCUT2D eigenvalue weighted by Gasteiger charge is -2.07. The zero-order valence-corrected chi connectivity index (χ0v) is 9.49. The molecule has 0 heterocycles. The summed E-state index contributed by atoms with van der Waals surface area (Å²) < 4.78 is 4.75. The summed E-state index contributed by atoms with van der Waals surface area (Å²) in [6.45, 7) is 4.68. The van der Waals surface area contributed by atoms with Gasteiger partial charge in [0.15, 0.2) is 0 Å². The summed E-state index contributed by atoms with van der Waals surface area (Å²) in [7, 11) is 0. The summed E-state index contributed by atoms with van der Waals surface area (Å²) in [5.74, 6) is -1.08. The van der Waals surface area contributed by atoms with Crippen LogP contribution >= 0.6 is 0 Å². The normalized spacial score (nSPS) is 12.1. The summed E-state index contributed by atoms with van der Waals surface area (Å²) in [4.78, 5) is 20.9. The van der Waals surface area contributed by atoms with Crippen LogP contribution < -0.4 is 0 Å². The number of carboxylic acids is 1. The van der Waals surface area contributed by atoms with Gasteiger partial charge in [-0.2, -0.15) is 0 Å². The molecule has 0 aliphatic carbocycles. The second-order valence-corrected chi connectivity index (χ2v) is 3.80. The first kappa shape index (κ1) is 13.9. The van der Waals surface area contributed by atoms with Gasteiger partial charge in [0.2, 0.25) is 0 Å². The number of carbonyl (C=O) groups is 2. The topological polar surface area (TPSA) is 63.6 Å². The molecular weight excluding hydrogens is 196 g/mol. The molecule has 88 valence electrons. The van der Waals surface area contributed by atoms with E-state index in [1.165, 1.54) is 6.42 Å². The maximum Gasteiger partial charge on any atom is 0.317 e. The first-order valence-electron chi connectivity index (χ1n) is 5.43. The number of ether oxygens (including phenoxy) is 1. The van der Waals surface area contributed by atoms with Gasteiger partial charge in [0.25, 0.3) is 0 Å². The van der Waals surface area contributed by atoms with E-state index in [4.69, 9.17) is 9.84 Å². The smallest absolute Gasteiger partial charge is 0.317 e. The van der Waals surface area contributed by atoms with Gasteiger partial charge in [-0.15, -0.1) is 0 Å². The standard InChI is InChI=1S/C11H20O4/c1-3-9(2)6-4-5-7-15-11(14)8-10(12)13/h9H,3-8H2,1-2H3,(H,12,13). The van der Waals surface area contributed by atoms with Crippen LogP contribution in [0.25, 0.3) is 0 Å². The van der Waals surface area contributed by atoms with Crippen LogP contribution in [0, 0.1) is 5.92 Å². The van der Waals surface area contributed by atoms with E-state index in [2.05, 4.69) is 13.8 Å². The van der Waals surface area contributed by atoms with Gasteiger partial charge in [0, 0.05) is 0 Å². The van der Waals surface area contributed by atoms with Crippen molar-refractivity contribution in [3.8, 4) is 0 Å². The molecule has 0 radical (unpaired) electrons. The monoisotopic (exact) mass is 216 g/mol. The molecule has 0 saturated carbocycles. The first-order chi connectivity index (χ1) is 7.06. The summed E-state index contributed by atoms with van der Waals surface area (Å²) in [6, 6.07) is 0. The van der Waals surface area contributed by atoms with E-state index in [9.17, 15) is 9.59 Å². The van der Waals surface area contributed by atoms with E-state index in [0.29, 0.717) is 12.5 Å². The highest BCUT2D eigenvalue weighted by atomic mass is 16.5. The minimum atomic E-state index is -1.14. The van der Waals surface area contributed by atoms with Gasteiger partial charge < -0.3 is 9.84 Å². The Morgan fingerprint density at radius 3 is 2.53 bits per heavy atom. The zero-order chi connectivity index (χ0) is 11.7. The maximum atomic E-state index is 10.8. The van der Waals surface area contributed by atoms with Crippen molar-refractivity contribution in [1.82, 2.24) is 0 Å². The van der Waals surface area contributed by atoms with E-state index in [1.54, 1.807) is 0 Å². The minimum Gasteiger partial charge on any atom is -0.481 e. The van der Waals surface area contributed by atoms with Crippen molar-refractivity contribution in [2.45, 2.75) is 46.0 Å². The number of unbranched alkanes of at least 4 members (excludes halogenated alkanes) is 1. The molecule has 15 heavy (non-hydrogen) atoms. The van der Waals surface area contributed by atoms with Crippen molar-refractivity contribution in [3.05, 3.63) is 0 Å². The van der Waals surface area contributed by atoms with E-state index in [-0.39, 0.29) is 0 Å². The number of esters is 1. The predicted molar refractivity (Wildman–Crippen MR) is 56.5 cm³/mol. The predicted octanol–water partition coefficient (Wildman–Crippen LogP) is 2.22. The highest BCUT2D eigenvalue weighted by molar-refractivity contribution is 5.90. The maximum absolute atomic E-state index is 10.8. The van der Waals surface area contributed by atoms with Crippen molar-refractivity contribution in [2.75, 3.05) is 6.61 Å². The summed E-state index contributed by atoms with van der Waals surface area (Å²) in [5, 5.41) is 8.29. The molecule has 0 bridgehead atoms. The average Bonchev–Trinajstić information content (AvgIpc) is 2.15. The molecule has 0 aliphatic rings. The van der Waals surface area contributed by atoms with Crippen LogP contribution in [0.15, 0.2) is 0 Å². The van der Waals surface area contributed by atoms with Crippen molar-refractivity contribution in [2.24, 2.45) is 5.92 Å². The number of rotatable bonds is 8. The van der Waals surface area contributed by atoms with Gasteiger partial charge in [0.1, 0.15) is 6.42 Å². The van der Waals surface area contributed by atoms with Gasteiger partial charge in [-0.05, 0) is 18.8 Å². The third kappa shape index (κ3) is 9.25. The largest absolute Gasteiger partial charge is 0.481 e. The SMILES string of the molecule is CCC(C)CCCCOC(=O)CC(=O)O. The highest BCUT2D eigenvalue weighted by Gasteiger charge is 2.08.